The quantitative estimate of drug-likeness (QED) is 0.838. The highest BCUT2D eigenvalue weighted by Crippen LogP contribution is 2.14. The number of amides is 1. The highest BCUT2D eigenvalue weighted by molar-refractivity contribution is 6.28. The minimum atomic E-state index is -0.647. The lowest BCUT2D eigenvalue weighted by Crippen LogP contribution is -2.47. The van der Waals surface area contributed by atoms with Gasteiger partial charge < -0.3 is 15.0 Å². The molecule has 0 spiro atoms. The number of carbonyl (C=O) groups is 1. The summed E-state index contributed by atoms with van der Waals surface area (Å²) in [6.07, 6.45) is 0.962. The molecule has 1 atom stereocenters. The molecule has 2 heterocycles. The summed E-state index contributed by atoms with van der Waals surface area (Å²) >= 11 is 5.59. The largest absolute Gasteiger partial charge is 0.378 e. The highest BCUT2D eigenvalue weighted by Gasteiger charge is 2.23. The van der Waals surface area contributed by atoms with Gasteiger partial charge in [0.2, 0.25) is 11.2 Å². The van der Waals surface area contributed by atoms with E-state index in [1.807, 2.05) is 0 Å². The van der Waals surface area contributed by atoms with Crippen LogP contribution < -0.4 is 5.32 Å². The number of hydrogen-bond donors (Lipinski definition) is 1. The molecule has 6 nitrogen and oxygen atoms in total. The molecule has 1 fully saturated rings. The van der Waals surface area contributed by atoms with Gasteiger partial charge in [0, 0.05) is 13.1 Å². The molecule has 0 radical (unpaired) electrons. The van der Waals surface area contributed by atoms with Crippen LogP contribution in [0.4, 0.5) is 10.2 Å². The summed E-state index contributed by atoms with van der Waals surface area (Å²) in [6.45, 7) is 3.77. The predicted octanol–water partition coefficient (Wildman–Crippen LogP) is 0.928. The van der Waals surface area contributed by atoms with E-state index in [1.165, 1.54) is 0 Å². The maximum absolute atomic E-state index is 13.4. The zero-order valence-corrected chi connectivity index (χ0v) is 11.2. The zero-order valence-electron chi connectivity index (χ0n) is 10.4. The Morgan fingerprint density at radius 2 is 2.26 bits per heavy atom. The molecule has 0 saturated carbocycles. The second-order valence-electron chi connectivity index (χ2n) is 4.14. The van der Waals surface area contributed by atoms with Gasteiger partial charge in [-0.1, -0.05) is 0 Å². The monoisotopic (exact) mass is 288 g/mol. The van der Waals surface area contributed by atoms with E-state index in [9.17, 15) is 9.18 Å². The minimum absolute atomic E-state index is 0.0741. The van der Waals surface area contributed by atoms with Crippen molar-refractivity contribution in [2.45, 2.75) is 13.0 Å². The molecule has 104 valence electrons. The van der Waals surface area contributed by atoms with Crippen LogP contribution in [-0.4, -0.2) is 53.1 Å². The molecule has 19 heavy (non-hydrogen) atoms. The van der Waals surface area contributed by atoms with Gasteiger partial charge in [0.15, 0.2) is 11.6 Å². The molecule has 1 amide bonds. The molecule has 1 aromatic rings. The third-order valence-electron chi connectivity index (χ3n) is 2.76. The Kier molecular flexibility index (Phi) is 4.49. The number of hydrogen-bond acceptors (Lipinski definition) is 5. The Bertz CT molecular complexity index is 468. The van der Waals surface area contributed by atoms with Crippen molar-refractivity contribution < 1.29 is 13.9 Å². The maximum Gasteiger partial charge on any atom is 0.244 e. The number of nitrogens with one attached hydrogen (secondary N) is 1. The molecule has 0 aromatic carbocycles. The summed E-state index contributed by atoms with van der Waals surface area (Å²) in [6, 6.07) is -0.599. The number of carbonyl (C=O) groups excluding carboxylic acids is 1. The van der Waals surface area contributed by atoms with Crippen molar-refractivity contribution in [3.63, 3.8) is 0 Å². The Balaban J connectivity index is 2.01. The molecule has 1 aliphatic heterocycles. The topological polar surface area (TPSA) is 67.4 Å². The number of rotatable bonds is 3. The fourth-order valence-electron chi connectivity index (χ4n) is 1.77. The molecule has 8 heteroatoms. The molecule has 1 saturated heterocycles. The normalized spacial score (nSPS) is 17.1. The van der Waals surface area contributed by atoms with Gasteiger partial charge in [0.1, 0.15) is 6.04 Å². The summed E-state index contributed by atoms with van der Waals surface area (Å²) in [5, 5.41) is 2.63. The zero-order chi connectivity index (χ0) is 13.8. The van der Waals surface area contributed by atoms with Gasteiger partial charge in [-0.3, -0.25) is 4.79 Å². The van der Waals surface area contributed by atoms with Crippen molar-refractivity contribution in [1.82, 2.24) is 14.9 Å². The molecule has 0 aliphatic carbocycles. The lowest BCUT2D eigenvalue weighted by atomic mass is 10.2. The average Bonchev–Trinajstić information content (AvgIpc) is 2.43. The van der Waals surface area contributed by atoms with Crippen LogP contribution in [0.2, 0.25) is 5.28 Å². The van der Waals surface area contributed by atoms with E-state index in [1.54, 1.807) is 11.8 Å². The van der Waals surface area contributed by atoms with Crippen molar-refractivity contribution >= 4 is 23.3 Å². The highest BCUT2D eigenvalue weighted by atomic mass is 35.5. The van der Waals surface area contributed by atoms with Crippen molar-refractivity contribution in [2.24, 2.45) is 0 Å². The Morgan fingerprint density at radius 1 is 1.58 bits per heavy atom. The Morgan fingerprint density at radius 3 is 2.95 bits per heavy atom. The van der Waals surface area contributed by atoms with Crippen LogP contribution in [0.15, 0.2) is 6.20 Å². The summed E-state index contributed by atoms with van der Waals surface area (Å²) in [5.41, 5.74) is 0. The van der Waals surface area contributed by atoms with E-state index in [-0.39, 0.29) is 17.0 Å². The maximum atomic E-state index is 13.4. The Labute approximate surface area is 114 Å². The second-order valence-corrected chi connectivity index (χ2v) is 4.48. The lowest BCUT2D eigenvalue weighted by Gasteiger charge is -2.29. The van der Waals surface area contributed by atoms with Gasteiger partial charge in [-0.25, -0.2) is 9.37 Å². The van der Waals surface area contributed by atoms with Gasteiger partial charge in [0.25, 0.3) is 0 Å². The van der Waals surface area contributed by atoms with Crippen LogP contribution in [0.5, 0.6) is 0 Å². The average molecular weight is 289 g/mol. The van der Waals surface area contributed by atoms with E-state index in [4.69, 9.17) is 16.3 Å². The molecule has 0 bridgehead atoms. The second kappa shape index (κ2) is 6.12. The lowest BCUT2D eigenvalue weighted by molar-refractivity contribution is -0.135. The van der Waals surface area contributed by atoms with E-state index in [0.717, 1.165) is 6.20 Å². The number of anilines is 1. The number of nitrogens with zero attached hydrogens (tertiary/aromatic N) is 3. The number of halogens is 2. The Hall–Kier alpha value is -1.47. The van der Waals surface area contributed by atoms with Crippen molar-refractivity contribution in [2.75, 3.05) is 31.6 Å². The minimum Gasteiger partial charge on any atom is -0.378 e. The van der Waals surface area contributed by atoms with Crippen LogP contribution in [0.1, 0.15) is 6.92 Å². The molecule has 1 N–H and O–H groups in total. The molecular formula is C11H14ClFN4O2. The fraction of sp³-hybridized carbons (Fsp3) is 0.545. The van der Waals surface area contributed by atoms with Crippen LogP contribution in [0, 0.1) is 5.82 Å². The predicted molar refractivity (Wildman–Crippen MR) is 67.5 cm³/mol. The summed E-state index contributed by atoms with van der Waals surface area (Å²) < 4.78 is 18.6. The van der Waals surface area contributed by atoms with Crippen molar-refractivity contribution in [3.05, 3.63) is 17.3 Å². The van der Waals surface area contributed by atoms with Crippen LogP contribution in [0.3, 0.4) is 0 Å². The van der Waals surface area contributed by atoms with Crippen LogP contribution in [-0.2, 0) is 9.53 Å². The van der Waals surface area contributed by atoms with E-state index in [0.29, 0.717) is 26.3 Å². The van der Waals surface area contributed by atoms with Gasteiger partial charge in [-0.15, -0.1) is 0 Å². The smallest absolute Gasteiger partial charge is 0.244 e. The van der Waals surface area contributed by atoms with Gasteiger partial charge in [-0.2, -0.15) is 4.98 Å². The number of aromatic nitrogens is 2. The van der Waals surface area contributed by atoms with E-state index in [2.05, 4.69) is 15.3 Å². The number of morpholine rings is 1. The SMILES string of the molecule is CC(Nc1nc(Cl)ncc1F)C(=O)N1CCOCC1. The van der Waals surface area contributed by atoms with E-state index < -0.39 is 11.9 Å². The summed E-state index contributed by atoms with van der Waals surface area (Å²) in [5.74, 6) is -0.849. The first-order valence-electron chi connectivity index (χ1n) is 5.89. The molecule has 1 unspecified atom stereocenters. The summed E-state index contributed by atoms with van der Waals surface area (Å²) in [4.78, 5) is 21.0. The number of ether oxygens (including phenoxy) is 1. The van der Waals surface area contributed by atoms with Gasteiger partial charge >= 0.3 is 0 Å². The first-order chi connectivity index (χ1) is 9.08. The molecule has 2 rings (SSSR count). The van der Waals surface area contributed by atoms with Crippen LogP contribution in [0.25, 0.3) is 0 Å². The molecular weight excluding hydrogens is 275 g/mol. The van der Waals surface area contributed by atoms with E-state index >= 15 is 0 Å². The molecule has 1 aliphatic rings. The first-order valence-corrected chi connectivity index (χ1v) is 6.27. The summed E-state index contributed by atoms with van der Waals surface area (Å²) in [7, 11) is 0. The van der Waals surface area contributed by atoms with Crippen LogP contribution >= 0.6 is 11.6 Å². The van der Waals surface area contributed by atoms with Crippen molar-refractivity contribution in [1.29, 1.82) is 0 Å². The third kappa shape index (κ3) is 3.51. The van der Waals surface area contributed by atoms with Crippen molar-refractivity contribution in [3.8, 4) is 0 Å². The van der Waals surface area contributed by atoms with Gasteiger partial charge in [0.05, 0.1) is 19.4 Å². The first kappa shape index (κ1) is 14.0. The third-order valence-corrected chi connectivity index (χ3v) is 2.94. The van der Waals surface area contributed by atoms with Gasteiger partial charge in [-0.05, 0) is 18.5 Å². The fourth-order valence-corrected chi connectivity index (χ4v) is 1.90. The molecule has 1 aromatic heterocycles. The standard InChI is InChI=1S/C11H14ClFN4O2/c1-7(10(18)17-2-4-19-5-3-17)15-9-8(13)6-14-11(12)16-9/h6-7H,2-5H2,1H3,(H,14,15,16).